The predicted octanol–water partition coefficient (Wildman–Crippen LogP) is 3.60. The third-order valence-electron chi connectivity index (χ3n) is 3.56. The van der Waals surface area contributed by atoms with Crippen LogP contribution in [0.5, 0.6) is 5.75 Å². The molecule has 1 aliphatic carbocycles. The van der Waals surface area contributed by atoms with Crippen LogP contribution in [0.4, 0.5) is 13.6 Å². The average Bonchev–Trinajstić information content (AvgIpc) is 3.13. The highest BCUT2D eigenvalue weighted by atomic mass is 19.3. The van der Waals surface area contributed by atoms with Gasteiger partial charge in [0.25, 0.3) is 0 Å². The van der Waals surface area contributed by atoms with E-state index < -0.39 is 18.3 Å². The zero-order valence-electron chi connectivity index (χ0n) is 14.3. The summed E-state index contributed by atoms with van der Waals surface area (Å²) in [6.07, 6.45) is 0.411. The van der Waals surface area contributed by atoms with Crippen LogP contribution in [0.1, 0.15) is 45.7 Å². The maximum absolute atomic E-state index is 12.1. The van der Waals surface area contributed by atoms with E-state index in [1.54, 1.807) is 12.1 Å². The minimum atomic E-state index is -2.82. The van der Waals surface area contributed by atoms with Gasteiger partial charge >= 0.3 is 12.7 Å². The SMILES string of the molecule is CC(NC1CC1NC(=O)OC(C)(C)C)c1ccc(OC(F)F)cc1. The van der Waals surface area contributed by atoms with Crippen LogP contribution in [-0.4, -0.2) is 30.4 Å². The van der Waals surface area contributed by atoms with Crippen molar-refractivity contribution in [3.05, 3.63) is 29.8 Å². The monoisotopic (exact) mass is 342 g/mol. The fraction of sp³-hybridized carbons (Fsp3) is 0.588. The summed E-state index contributed by atoms with van der Waals surface area (Å²) in [4.78, 5) is 11.7. The molecule has 1 aliphatic rings. The lowest BCUT2D eigenvalue weighted by Crippen LogP contribution is -2.37. The van der Waals surface area contributed by atoms with Crippen LogP contribution in [0, 0.1) is 0 Å². The molecule has 134 valence electrons. The Bertz CT molecular complexity index is 558. The third kappa shape index (κ3) is 5.96. The van der Waals surface area contributed by atoms with Gasteiger partial charge in [-0.1, -0.05) is 12.1 Å². The molecule has 24 heavy (non-hydrogen) atoms. The Kier molecular flexibility index (Phi) is 5.64. The van der Waals surface area contributed by atoms with Crippen LogP contribution in [0.2, 0.25) is 0 Å². The fourth-order valence-corrected chi connectivity index (χ4v) is 2.35. The number of halogens is 2. The molecule has 3 atom stereocenters. The summed E-state index contributed by atoms with van der Waals surface area (Å²) in [5, 5.41) is 6.21. The van der Waals surface area contributed by atoms with Crippen molar-refractivity contribution in [3.63, 3.8) is 0 Å². The molecule has 2 rings (SSSR count). The normalized spacial score (nSPS) is 21.3. The van der Waals surface area contributed by atoms with E-state index in [2.05, 4.69) is 15.4 Å². The molecule has 1 aromatic carbocycles. The van der Waals surface area contributed by atoms with Crippen molar-refractivity contribution in [2.75, 3.05) is 0 Å². The summed E-state index contributed by atoms with van der Waals surface area (Å²) in [6, 6.07) is 6.77. The van der Waals surface area contributed by atoms with Gasteiger partial charge < -0.3 is 20.1 Å². The first-order chi connectivity index (χ1) is 11.1. The topological polar surface area (TPSA) is 59.6 Å². The molecule has 2 N–H and O–H groups in total. The Morgan fingerprint density at radius 1 is 1.21 bits per heavy atom. The number of alkyl halides is 2. The highest BCUT2D eigenvalue weighted by Gasteiger charge is 2.40. The van der Waals surface area contributed by atoms with Crippen molar-refractivity contribution in [1.29, 1.82) is 0 Å². The number of amides is 1. The lowest BCUT2D eigenvalue weighted by molar-refractivity contribution is -0.0498. The minimum absolute atomic E-state index is 0.0287. The van der Waals surface area contributed by atoms with Crippen LogP contribution in [-0.2, 0) is 4.74 Å². The average molecular weight is 342 g/mol. The first kappa shape index (κ1) is 18.4. The fourth-order valence-electron chi connectivity index (χ4n) is 2.35. The van der Waals surface area contributed by atoms with Crippen molar-refractivity contribution in [1.82, 2.24) is 10.6 Å². The molecule has 1 aromatic rings. The standard InChI is InChI=1S/C17H24F2N2O3/c1-10(11-5-7-12(8-6-11)23-15(18)19)20-13-9-14(13)21-16(22)24-17(2,3)4/h5-8,10,13-15,20H,9H2,1-4H3,(H,21,22). The molecule has 7 heteroatoms. The van der Waals surface area contributed by atoms with Gasteiger partial charge in [-0.2, -0.15) is 8.78 Å². The van der Waals surface area contributed by atoms with Gasteiger partial charge in [-0.3, -0.25) is 0 Å². The number of nitrogens with one attached hydrogen (secondary N) is 2. The van der Waals surface area contributed by atoms with Crippen LogP contribution in [0.15, 0.2) is 24.3 Å². The molecule has 3 unspecified atom stereocenters. The third-order valence-corrected chi connectivity index (χ3v) is 3.56. The number of hydrogen-bond acceptors (Lipinski definition) is 4. The van der Waals surface area contributed by atoms with Gasteiger partial charge in [0.1, 0.15) is 11.4 Å². The molecule has 1 fully saturated rings. The van der Waals surface area contributed by atoms with E-state index in [0.29, 0.717) is 0 Å². The van der Waals surface area contributed by atoms with Crippen molar-refractivity contribution >= 4 is 6.09 Å². The molecule has 0 heterocycles. The Morgan fingerprint density at radius 3 is 2.38 bits per heavy atom. The predicted molar refractivity (Wildman–Crippen MR) is 86.2 cm³/mol. The number of benzene rings is 1. The first-order valence-electron chi connectivity index (χ1n) is 7.94. The molecular weight excluding hydrogens is 318 g/mol. The van der Waals surface area contributed by atoms with Crippen LogP contribution in [0.3, 0.4) is 0 Å². The van der Waals surface area contributed by atoms with Gasteiger partial charge in [-0.25, -0.2) is 4.79 Å². The molecule has 1 saturated carbocycles. The van der Waals surface area contributed by atoms with Crippen molar-refractivity contribution in [3.8, 4) is 5.75 Å². The summed E-state index contributed by atoms with van der Waals surface area (Å²) >= 11 is 0. The molecule has 0 bridgehead atoms. The van der Waals surface area contributed by atoms with Crippen molar-refractivity contribution in [2.24, 2.45) is 0 Å². The number of carbonyl (C=O) groups is 1. The van der Waals surface area contributed by atoms with Gasteiger partial charge in [0.2, 0.25) is 0 Å². The van der Waals surface area contributed by atoms with Gasteiger partial charge in [0.15, 0.2) is 0 Å². The molecule has 1 amide bonds. The lowest BCUT2D eigenvalue weighted by atomic mass is 10.1. The van der Waals surface area contributed by atoms with E-state index in [-0.39, 0.29) is 23.9 Å². The summed E-state index contributed by atoms with van der Waals surface area (Å²) in [7, 11) is 0. The van der Waals surface area contributed by atoms with Crippen molar-refractivity contribution < 1.29 is 23.0 Å². The highest BCUT2D eigenvalue weighted by molar-refractivity contribution is 5.68. The second kappa shape index (κ2) is 7.34. The molecule has 0 saturated heterocycles. The summed E-state index contributed by atoms with van der Waals surface area (Å²) < 4.78 is 33.8. The smallest absolute Gasteiger partial charge is 0.407 e. The maximum Gasteiger partial charge on any atom is 0.407 e. The van der Waals surface area contributed by atoms with Gasteiger partial charge in [0.05, 0.1) is 0 Å². The van der Waals surface area contributed by atoms with E-state index in [4.69, 9.17) is 4.74 Å². The van der Waals surface area contributed by atoms with Crippen LogP contribution < -0.4 is 15.4 Å². The Balaban J connectivity index is 1.77. The van der Waals surface area contributed by atoms with E-state index >= 15 is 0 Å². The number of rotatable bonds is 6. The zero-order valence-corrected chi connectivity index (χ0v) is 14.3. The van der Waals surface area contributed by atoms with Gasteiger partial charge in [-0.15, -0.1) is 0 Å². The highest BCUT2D eigenvalue weighted by Crippen LogP contribution is 2.27. The van der Waals surface area contributed by atoms with Gasteiger partial charge in [0, 0.05) is 18.1 Å². The maximum atomic E-state index is 12.1. The lowest BCUT2D eigenvalue weighted by Gasteiger charge is -2.20. The summed E-state index contributed by atoms with van der Waals surface area (Å²) in [6.45, 7) is 4.61. The Morgan fingerprint density at radius 2 is 1.83 bits per heavy atom. The van der Waals surface area contributed by atoms with E-state index in [9.17, 15) is 13.6 Å². The van der Waals surface area contributed by atoms with Crippen LogP contribution in [0.25, 0.3) is 0 Å². The zero-order chi connectivity index (χ0) is 17.9. The molecule has 0 radical (unpaired) electrons. The second-order valence-electron chi connectivity index (χ2n) is 6.93. The van der Waals surface area contributed by atoms with Crippen LogP contribution >= 0.6 is 0 Å². The van der Waals surface area contributed by atoms with E-state index in [1.165, 1.54) is 12.1 Å². The Hall–Kier alpha value is -1.89. The first-order valence-corrected chi connectivity index (χ1v) is 7.94. The van der Waals surface area contributed by atoms with E-state index in [1.807, 2.05) is 27.7 Å². The summed E-state index contributed by atoms with van der Waals surface area (Å²) in [5.41, 5.74) is 0.441. The second-order valence-corrected chi connectivity index (χ2v) is 6.93. The number of hydrogen-bond donors (Lipinski definition) is 2. The molecule has 0 aromatic heterocycles. The largest absolute Gasteiger partial charge is 0.444 e. The van der Waals surface area contributed by atoms with Gasteiger partial charge in [-0.05, 0) is 51.8 Å². The quantitative estimate of drug-likeness (QED) is 0.829. The minimum Gasteiger partial charge on any atom is -0.444 e. The summed E-state index contributed by atoms with van der Waals surface area (Å²) in [5.74, 6) is 0.136. The molecule has 0 spiro atoms. The number of alkyl carbamates (subject to hydrolysis) is 1. The molecule has 5 nitrogen and oxygen atoms in total. The van der Waals surface area contributed by atoms with E-state index in [0.717, 1.165) is 12.0 Å². The number of ether oxygens (including phenoxy) is 2. The Labute approximate surface area is 140 Å². The molecular formula is C17H24F2N2O3. The molecule has 0 aliphatic heterocycles. The van der Waals surface area contributed by atoms with Crippen molar-refractivity contribution in [2.45, 2.75) is 64.5 Å². The number of carbonyl (C=O) groups excluding carboxylic acids is 1.